The van der Waals surface area contributed by atoms with Crippen molar-refractivity contribution < 1.29 is 24.2 Å². The highest BCUT2D eigenvalue weighted by atomic mass is 32.1. The quantitative estimate of drug-likeness (QED) is 0.337. The van der Waals surface area contributed by atoms with Crippen molar-refractivity contribution in [3.8, 4) is 12.3 Å². The van der Waals surface area contributed by atoms with E-state index in [4.69, 9.17) is 16.2 Å². The van der Waals surface area contributed by atoms with Gasteiger partial charge in [-0.3, -0.25) is 14.7 Å². The van der Waals surface area contributed by atoms with E-state index in [1.54, 1.807) is 31.9 Å². The number of carbonyl (C=O) groups excluding carboxylic acids is 2. The summed E-state index contributed by atoms with van der Waals surface area (Å²) in [6, 6.07) is 6.48. The Labute approximate surface area is 248 Å². The number of piperazine rings is 1. The third kappa shape index (κ3) is 5.75. The van der Waals surface area contributed by atoms with E-state index in [1.165, 1.54) is 11.3 Å². The molecule has 1 aromatic carbocycles. The van der Waals surface area contributed by atoms with Gasteiger partial charge in [-0.05, 0) is 32.4 Å². The average Bonchev–Trinajstić information content (AvgIpc) is 3.61. The first kappa shape index (κ1) is 29.3. The van der Waals surface area contributed by atoms with E-state index in [-0.39, 0.29) is 25.2 Å². The fourth-order valence-electron chi connectivity index (χ4n) is 5.60. The summed E-state index contributed by atoms with van der Waals surface area (Å²) in [5.74, 6) is 1.84. The molecule has 2 aromatic rings. The first-order valence-electron chi connectivity index (χ1n) is 13.8. The number of urea groups is 1. The van der Waals surface area contributed by atoms with Crippen molar-refractivity contribution in [2.75, 3.05) is 45.9 Å². The van der Waals surface area contributed by atoms with Crippen LogP contribution in [0.4, 0.5) is 4.79 Å². The predicted octanol–water partition coefficient (Wildman–Crippen LogP) is 2.57. The Morgan fingerprint density at radius 2 is 2.05 bits per heavy atom. The standard InChI is InChI=1S/C30H34N6O5S/c1-5-19-9-7-8-10-21(19)24-23(27(37)41-6-2)22(32-25(33-24)26-31-11-14-42-26)17-34-12-13-36-20(15-34)16-35(29(36)40)18-30(3,4)28(38)39/h1,7-11,14,20,24H,6,12-13,15-18H2,2-4H3,(H,32,33)(H,38,39)/t20-,24?/m0/s1. The summed E-state index contributed by atoms with van der Waals surface area (Å²) in [6.07, 6.45) is 7.54. The van der Waals surface area contributed by atoms with Gasteiger partial charge in [0, 0.05) is 62.1 Å². The van der Waals surface area contributed by atoms with Crippen molar-refractivity contribution in [1.82, 2.24) is 25.0 Å². The number of hydrogen-bond donors (Lipinski definition) is 2. The molecule has 220 valence electrons. The number of amides is 2. The van der Waals surface area contributed by atoms with Crippen molar-refractivity contribution in [2.24, 2.45) is 10.4 Å². The van der Waals surface area contributed by atoms with Crippen LogP contribution >= 0.6 is 11.3 Å². The highest BCUT2D eigenvalue weighted by Crippen LogP contribution is 2.35. The number of nitrogens with one attached hydrogen (secondary N) is 1. The molecule has 2 atom stereocenters. The number of amidine groups is 1. The maximum atomic E-state index is 13.5. The molecule has 42 heavy (non-hydrogen) atoms. The zero-order valence-electron chi connectivity index (χ0n) is 23.9. The molecular formula is C30H34N6O5S. The van der Waals surface area contributed by atoms with Crippen molar-refractivity contribution in [2.45, 2.75) is 32.9 Å². The zero-order chi connectivity index (χ0) is 30.0. The number of thiazole rings is 1. The fourth-order valence-corrected chi connectivity index (χ4v) is 6.18. The van der Waals surface area contributed by atoms with Gasteiger partial charge in [0.2, 0.25) is 0 Å². The van der Waals surface area contributed by atoms with Gasteiger partial charge < -0.3 is 25.0 Å². The van der Waals surface area contributed by atoms with Crippen molar-refractivity contribution in [1.29, 1.82) is 0 Å². The third-order valence-electron chi connectivity index (χ3n) is 7.73. The fraction of sp³-hybridized carbons (Fsp3) is 0.433. The lowest BCUT2D eigenvalue weighted by atomic mass is 9.92. The predicted molar refractivity (Wildman–Crippen MR) is 158 cm³/mol. The topological polar surface area (TPSA) is 128 Å². The number of fused-ring (bicyclic) bond motifs is 1. The Morgan fingerprint density at radius 3 is 2.74 bits per heavy atom. The molecular weight excluding hydrogens is 556 g/mol. The van der Waals surface area contributed by atoms with E-state index >= 15 is 0 Å². The van der Waals surface area contributed by atoms with E-state index in [9.17, 15) is 19.5 Å². The van der Waals surface area contributed by atoms with E-state index in [1.807, 2.05) is 34.5 Å². The van der Waals surface area contributed by atoms with Crippen LogP contribution in [0.3, 0.4) is 0 Å². The minimum atomic E-state index is -1.05. The molecule has 0 aliphatic carbocycles. The molecule has 0 bridgehead atoms. The molecule has 0 radical (unpaired) electrons. The smallest absolute Gasteiger partial charge is 0.338 e. The van der Waals surface area contributed by atoms with E-state index in [2.05, 4.69) is 21.1 Å². The molecule has 11 nitrogen and oxygen atoms in total. The molecule has 3 aliphatic heterocycles. The second-order valence-electron chi connectivity index (χ2n) is 11.1. The van der Waals surface area contributed by atoms with Gasteiger partial charge in [0.05, 0.1) is 23.6 Å². The SMILES string of the molecule is C#Cc1ccccc1C1N=C(c2nccs2)NC(CN2CCN3C(=O)N(CC(C)(C)C(=O)O)C[C@@H]3C2)=C1C(=O)OCC. The maximum absolute atomic E-state index is 13.5. The first-order chi connectivity index (χ1) is 20.1. The summed E-state index contributed by atoms with van der Waals surface area (Å²) in [5, 5.41) is 15.5. The van der Waals surface area contributed by atoms with Crippen LogP contribution in [0.5, 0.6) is 0 Å². The number of aromatic nitrogens is 1. The van der Waals surface area contributed by atoms with Gasteiger partial charge >= 0.3 is 18.0 Å². The second kappa shape index (κ2) is 12.0. The minimum Gasteiger partial charge on any atom is -0.481 e. The van der Waals surface area contributed by atoms with E-state index < -0.39 is 23.4 Å². The Morgan fingerprint density at radius 1 is 1.26 bits per heavy atom. The number of esters is 1. The summed E-state index contributed by atoms with van der Waals surface area (Å²) in [7, 11) is 0. The van der Waals surface area contributed by atoms with Crippen LogP contribution in [0.25, 0.3) is 0 Å². The van der Waals surface area contributed by atoms with Crippen molar-refractivity contribution in [3.05, 3.63) is 63.2 Å². The summed E-state index contributed by atoms with van der Waals surface area (Å²) in [6.45, 7) is 7.80. The van der Waals surface area contributed by atoms with Crippen LogP contribution < -0.4 is 5.32 Å². The normalized spacial score (nSPS) is 21.0. The lowest BCUT2D eigenvalue weighted by Gasteiger charge is -2.38. The molecule has 0 saturated carbocycles. The lowest BCUT2D eigenvalue weighted by molar-refractivity contribution is -0.147. The number of nitrogens with zero attached hydrogens (tertiary/aromatic N) is 5. The second-order valence-corrected chi connectivity index (χ2v) is 12.0. The molecule has 2 saturated heterocycles. The number of terminal acetylenes is 1. The number of aliphatic imine (C=N–C) groups is 1. The van der Waals surface area contributed by atoms with Crippen LogP contribution in [0.2, 0.25) is 0 Å². The van der Waals surface area contributed by atoms with Crippen LogP contribution in [0, 0.1) is 17.8 Å². The molecule has 4 heterocycles. The number of hydrogen-bond acceptors (Lipinski definition) is 9. The molecule has 2 fully saturated rings. The number of aliphatic carboxylic acids is 1. The third-order valence-corrected chi connectivity index (χ3v) is 8.51. The summed E-state index contributed by atoms with van der Waals surface area (Å²) >= 11 is 1.44. The van der Waals surface area contributed by atoms with Gasteiger partial charge in [-0.15, -0.1) is 17.8 Å². The molecule has 2 amide bonds. The van der Waals surface area contributed by atoms with E-state index in [0.29, 0.717) is 60.4 Å². The molecule has 1 aromatic heterocycles. The summed E-state index contributed by atoms with van der Waals surface area (Å²) < 4.78 is 5.52. The lowest BCUT2D eigenvalue weighted by Crippen LogP contribution is -2.53. The van der Waals surface area contributed by atoms with E-state index in [0.717, 1.165) is 5.56 Å². The molecule has 12 heteroatoms. The van der Waals surface area contributed by atoms with Crippen molar-refractivity contribution in [3.63, 3.8) is 0 Å². The van der Waals surface area contributed by atoms with Crippen molar-refractivity contribution >= 4 is 35.1 Å². The first-order valence-corrected chi connectivity index (χ1v) is 14.7. The minimum absolute atomic E-state index is 0.101. The number of benzene rings is 1. The van der Waals surface area contributed by atoms with Gasteiger partial charge in [0.25, 0.3) is 0 Å². The molecule has 2 N–H and O–H groups in total. The Bertz CT molecular complexity index is 1480. The van der Waals surface area contributed by atoms with Gasteiger partial charge in [0.1, 0.15) is 6.04 Å². The molecule has 5 rings (SSSR count). The van der Waals surface area contributed by atoms with Crippen LogP contribution in [-0.2, 0) is 14.3 Å². The van der Waals surface area contributed by atoms with Crippen LogP contribution in [0.15, 0.2) is 52.1 Å². The van der Waals surface area contributed by atoms with Gasteiger partial charge in [-0.25, -0.2) is 14.6 Å². The highest BCUT2D eigenvalue weighted by molar-refractivity contribution is 7.11. The maximum Gasteiger partial charge on any atom is 0.338 e. The van der Waals surface area contributed by atoms with Gasteiger partial charge in [0.15, 0.2) is 10.8 Å². The monoisotopic (exact) mass is 590 g/mol. The number of ether oxygens (including phenoxy) is 1. The molecule has 0 spiro atoms. The number of carboxylic acid groups (broad SMARTS) is 1. The van der Waals surface area contributed by atoms with Gasteiger partial charge in [-0.1, -0.05) is 24.1 Å². The van der Waals surface area contributed by atoms with Crippen LogP contribution in [-0.4, -0.2) is 101 Å². The zero-order valence-corrected chi connectivity index (χ0v) is 24.7. The molecule has 1 unspecified atom stereocenters. The molecule has 3 aliphatic rings. The number of carbonyl (C=O) groups is 3. The summed E-state index contributed by atoms with van der Waals surface area (Å²) in [5.41, 5.74) is 1.33. The Balaban J connectivity index is 1.46. The average molecular weight is 591 g/mol. The Hall–Kier alpha value is -4.21. The highest BCUT2D eigenvalue weighted by Gasteiger charge is 2.44. The van der Waals surface area contributed by atoms with Gasteiger partial charge in [-0.2, -0.15) is 0 Å². The number of rotatable bonds is 9. The largest absolute Gasteiger partial charge is 0.481 e. The summed E-state index contributed by atoms with van der Waals surface area (Å²) in [4.78, 5) is 53.3. The number of carboxylic acids is 1. The Kier molecular flexibility index (Phi) is 8.34. The van der Waals surface area contributed by atoms with Crippen LogP contribution in [0.1, 0.15) is 42.9 Å².